The van der Waals surface area contributed by atoms with Gasteiger partial charge in [0.25, 0.3) is 0 Å². The topological polar surface area (TPSA) is 48.4 Å². The summed E-state index contributed by atoms with van der Waals surface area (Å²) in [6.07, 6.45) is 0. The standard InChI is InChI=1S/C21H21NO3/c1-13-10-11-17-19(14(13)2)22-15(3)18(12-24-4)20(17)25-21(23)16-8-6-5-7-9-16/h5-11H,12H2,1-4H3. The van der Waals surface area contributed by atoms with Crippen LogP contribution in [-0.4, -0.2) is 18.1 Å². The predicted molar refractivity (Wildman–Crippen MR) is 98.1 cm³/mol. The van der Waals surface area contributed by atoms with Crippen LogP contribution in [0.25, 0.3) is 10.9 Å². The maximum Gasteiger partial charge on any atom is 0.343 e. The lowest BCUT2D eigenvalue weighted by Crippen LogP contribution is -2.12. The molecule has 0 spiro atoms. The predicted octanol–water partition coefficient (Wildman–Crippen LogP) is 4.53. The number of pyridine rings is 1. The first-order valence-electron chi connectivity index (χ1n) is 8.18. The van der Waals surface area contributed by atoms with E-state index in [0.29, 0.717) is 17.9 Å². The second-order valence-corrected chi connectivity index (χ2v) is 6.10. The molecule has 0 aliphatic carbocycles. The van der Waals surface area contributed by atoms with Crippen molar-refractivity contribution in [3.8, 4) is 5.75 Å². The third kappa shape index (κ3) is 3.26. The number of rotatable bonds is 4. The summed E-state index contributed by atoms with van der Waals surface area (Å²) < 4.78 is 11.1. The van der Waals surface area contributed by atoms with Gasteiger partial charge >= 0.3 is 5.97 Å². The zero-order valence-corrected chi connectivity index (χ0v) is 14.9. The zero-order chi connectivity index (χ0) is 18.0. The Kier molecular flexibility index (Phi) is 4.81. The van der Waals surface area contributed by atoms with Crippen LogP contribution in [0.2, 0.25) is 0 Å². The Labute approximate surface area is 147 Å². The highest BCUT2D eigenvalue weighted by molar-refractivity contribution is 5.96. The van der Waals surface area contributed by atoms with E-state index in [2.05, 4.69) is 0 Å². The van der Waals surface area contributed by atoms with Crippen LogP contribution in [0.15, 0.2) is 42.5 Å². The van der Waals surface area contributed by atoms with Crippen molar-refractivity contribution in [1.82, 2.24) is 4.98 Å². The highest BCUT2D eigenvalue weighted by atomic mass is 16.5. The van der Waals surface area contributed by atoms with Gasteiger partial charge in [-0.15, -0.1) is 0 Å². The molecule has 3 aromatic rings. The molecule has 0 unspecified atom stereocenters. The largest absolute Gasteiger partial charge is 0.422 e. The van der Waals surface area contributed by atoms with Gasteiger partial charge in [0, 0.05) is 23.8 Å². The molecule has 4 heteroatoms. The van der Waals surface area contributed by atoms with Gasteiger partial charge in [-0.25, -0.2) is 4.79 Å². The van der Waals surface area contributed by atoms with Gasteiger partial charge in [0.1, 0.15) is 5.75 Å². The molecule has 0 aliphatic rings. The summed E-state index contributed by atoms with van der Waals surface area (Å²) in [7, 11) is 1.62. The molecule has 0 radical (unpaired) electrons. The van der Waals surface area contributed by atoms with E-state index in [9.17, 15) is 4.79 Å². The molecule has 3 rings (SSSR count). The molecule has 25 heavy (non-hydrogen) atoms. The van der Waals surface area contributed by atoms with E-state index in [4.69, 9.17) is 14.5 Å². The molecular weight excluding hydrogens is 314 g/mol. The van der Waals surface area contributed by atoms with Crippen LogP contribution in [0.3, 0.4) is 0 Å². The lowest BCUT2D eigenvalue weighted by atomic mass is 10.0. The molecule has 0 aliphatic heterocycles. The Hall–Kier alpha value is -2.72. The minimum Gasteiger partial charge on any atom is -0.422 e. The Balaban J connectivity index is 2.18. The molecular formula is C21H21NO3. The maximum atomic E-state index is 12.6. The zero-order valence-electron chi connectivity index (χ0n) is 14.9. The SMILES string of the molecule is COCc1c(C)nc2c(C)c(C)ccc2c1OC(=O)c1ccccc1. The summed E-state index contributed by atoms with van der Waals surface area (Å²) in [6, 6.07) is 13.0. The highest BCUT2D eigenvalue weighted by Crippen LogP contribution is 2.34. The van der Waals surface area contributed by atoms with Gasteiger partial charge in [-0.3, -0.25) is 4.98 Å². The molecule has 128 valence electrons. The first-order chi connectivity index (χ1) is 12.0. The molecule has 0 N–H and O–H groups in total. The molecule has 0 bridgehead atoms. The number of ether oxygens (including phenoxy) is 2. The second-order valence-electron chi connectivity index (χ2n) is 6.10. The Morgan fingerprint density at radius 2 is 1.76 bits per heavy atom. The third-order valence-electron chi connectivity index (χ3n) is 4.43. The Bertz CT molecular complexity index is 933. The monoisotopic (exact) mass is 335 g/mol. The number of fused-ring (bicyclic) bond motifs is 1. The minimum atomic E-state index is -0.386. The fourth-order valence-corrected chi connectivity index (χ4v) is 2.85. The van der Waals surface area contributed by atoms with Crippen molar-refractivity contribution in [1.29, 1.82) is 0 Å². The molecule has 0 saturated heterocycles. The van der Waals surface area contributed by atoms with Crippen molar-refractivity contribution >= 4 is 16.9 Å². The molecule has 4 nitrogen and oxygen atoms in total. The van der Waals surface area contributed by atoms with E-state index < -0.39 is 0 Å². The lowest BCUT2D eigenvalue weighted by molar-refractivity contribution is 0.0731. The van der Waals surface area contributed by atoms with Gasteiger partial charge in [0.2, 0.25) is 0 Å². The third-order valence-corrected chi connectivity index (χ3v) is 4.43. The number of hydrogen-bond donors (Lipinski definition) is 0. The van der Waals surface area contributed by atoms with Crippen LogP contribution in [0, 0.1) is 20.8 Å². The fourth-order valence-electron chi connectivity index (χ4n) is 2.85. The van der Waals surface area contributed by atoms with Crippen molar-refractivity contribution in [3.05, 3.63) is 70.4 Å². The molecule has 0 atom stereocenters. The number of carbonyl (C=O) groups is 1. The number of hydrogen-bond acceptors (Lipinski definition) is 4. The molecule has 2 aromatic carbocycles. The number of carbonyl (C=O) groups excluding carboxylic acids is 1. The minimum absolute atomic E-state index is 0.332. The number of esters is 1. The molecule has 0 fully saturated rings. The van der Waals surface area contributed by atoms with E-state index >= 15 is 0 Å². The summed E-state index contributed by atoms with van der Waals surface area (Å²) in [5.74, 6) is 0.143. The number of aromatic nitrogens is 1. The van der Waals surface area contributed by atoms with Gasteiger partial charge in [-0.1, -0.05) is 24.3 Å². The van der Waals surface area contributed by atoms with E-state index in [1.807, 2.05) is 51.1 Å². The van der Waals surface area contributed by atoms with Gasteiger partial charge in [0.05, 0.1) is 17.7 Å². The van der Waals surface area contributed by atoms with Gasteiger partial charge in [0.15, 0.2) is 0 Å². The second kappa shape index (κ2) is 7.03. The maximum absolute atomic E-state index is 12.6. The van der Waals surface area contributed by atoms with Crippen LogP contribution < -0.4 is 4.74 Å². The molecule has 0 saturated carbocycles. The van der Waals surface area contributed by atoms with Crippen LogP contribution in [0.4, 0.5) is 0 Å². The van der Waals surface area contributed by atoms with Crippen LogP contribution in [-0.2, 0) is 11.3 Å². The van der Waals surface area contributed by atoms with Crippen LogP contribution in [0.1, 0.15) is 32.7 Å². The Morgan fingerprint density at radius 1 is 1.04 bits per heavy atom. The first-order valence-corrected chi connectivity index (χ1v) is 8.18. The number of methoxy groups -OCH3 is 1. The van der Waals surface area contributed by atoms with Gasteiger partial charge in [-0.05, 0) is 50.1 Å². The van der Waals surface area contributed by atoms with E-state index in [1.165, 1.54) is 0 Å². The summed E-state index contributed by atoms with van der Waals surface area (Å²) in [5, 5.41) is 0.824. The van der Waals surface area contributed by atoms with E-state index in [-0.39, 0.29) is 5.97 Å². The van der Waals surface area contributed by atoms with Crippen molar-refractivity contribution in [2.24, 2.45) is 0 Å². The number of nitrogens with zero attached hydrogens (tertiary/aromatic N) is 1. The number of aryl methyl sites for hydroxylation is 3. The van der Waals surface area contributed by atoms with Crippen LogP contribution in [0.5, 0.6) is 5.75 Å². The van der Waals surface area contributed by atoms with E-state index in [1.54, 1.807) is 19.2 Å². The van der Waals surface area contributed by atoms with E-state index in [0.717, 1.165) is 33.3 Å². The molecule has 0 amide bonds. The Morgan fingerprint density at radius 3 is 2.44 bits per heavy atom. The first kappa shape index (κ1) is 17.1. The average molecular weight is 335 g/mol. The summed E-state index contributed by atoms with van der Waals surface area (Å²) in [6.45, 7) is 6.32. The molecule has 1 aromatic heterocycles. The van der Waals surface area contributed by atoms with Gasteiger partial charge < -0.3 is 9.47 Å². The molecule has 1 heterocycles. The highest BCUT2D eigenvalue weighted by Gasteiger charge is 2.19. The van der Waals surface area contributed by atoms with Crippen LogP contribution >= 0.6 is 0 Å². The lowest BCUT2D eigenvalue weighted by Gasteiger charge is -2.16. The van der Waals surface area contributed by atoms with Gasteiger partial charge in [-0.2, -0.15) is 0 Å². The summed E-state index contributed by atoms with van der Waals surface area (Å²) in [4.78, 5) is 17.3. The smallest absolute Gasteiger partial charge is 0.343 e. The van der Waals surface area contributed by atoms with Crippen molar-refractivity contribution in [3.63, 3.8) is 0 Å². The van der Waals surface area contributed by atoms with Crippen molar-refractivity contribution in [2.45, 2.75) is 27.4 Å². The summed E-state index contributed by atoms with van der Waals surface area (Å²) >= 11 is 0. The summed E-state index contributed by atoms with van der Waals surface area (Å²) in [5.41, 5.74) is 5.20. The average Bonchev–Trinajstić information content (AvgIpc) is 2.62. The van der Waals surface area contributed by atoms with Crippen molar-refractivity contribution in [2.75, 3.05) is 7.11 Å². The number of benzene rings is 2. The quantitative estimate of drug-likeness (QED) is 0.658. The fraction of sp³-hybridized carbons (Fsp3) is 0.238. The normalized spacial score (nSPS) is 10.9. The van der Waals surface area contributed by atoms with Crippen molar-refractivity contribution < 1.29 is 14.3 Å².